The lowest BCUT2D eigenvalue weighted by Crippen LogP contribution is -2.24. The predicted octanol–water partition coefficient (Wildman–Crippen LogP) is 8.58. The lowest BCUT2D eigenvalue weighted by atomic mass is 9.80. The molecule has 0 aliphatic carbocycles. The molecule has 0 fully saturated rings. The van der Waals surface area contributed by atoms with Gasteiger partial charge in [0.05, 0.1) is 0 Å². The molecule has 0 spiro atoms. The minimum atomic E-state index is -0.0486. The molecule has 1 rings (SSSR count). The highest BCUT2D eigenvalue weighted by molar-refractivity contribution is 5.26. The van der Waals surface area contributed by atoms with E-state index in [9.17, 15) is 10.2 Å². The maximum absolute atomic E-state index is 9.88. The van der Waals surface area contributed by atoms with Crippen molar-refractivity contribution < 1.29 is 10.2 Å². The smallest absolute Gasteiger partial charge is 0.115 e. The van der Waals surface area contributed by atoms with Gasteiger partial charge in [0.2, 0.25) is 0 Å². The maximum Gasteiger partial charge on any atom is 0.115 e. The second-order valence-corrected chi connectivity index (χ2v) is 9.87. The van der Waals surface area contributed by atoms with Crippen LogP contribution in [0.4, 0.5) is 0 Å². The third-order valence-electron chi connectivity index (χ3n) is 6.58. The zero-order chi connectivity index (χ0) is 21.9. The Balaban J connectivity index is 1.93. The fourth-order valence-electron chi connectivity index (χ4n) is 4.43. The number of phenols is 1. The lowest BCUT2D eigenvalue weighted by Gasteiger charge is -2.27. The molecule has 174 valence electrons. The van der Waals surface area contributed by atoms with Crippen molar-refractivity contribution in [3.05, 3.63) is 29.8 Å². The van der Waals surface area contributed by atoms with Crippen molar-refractivity contribution in [1.82, 2.24) is 0 Å². The number of rotatable bonds is 20. The van der Waals surface area contributed by atoms with Crippen LogP contribution in [0.3, 0.4) is 0 Å². The van der Waals surface area contributed by atoms with Crippen LogP contribution in [0.15, 0.2) is 24.3 Å². The monoisotopic (exact) mass is 418 g/mol. The van der Waals surface area contributed by atoms with Gasteiger partial charge in [0, 0.05) is 6.61 Å². The molecular weight excluding hydrogens is 368 g/mol. The quantitative estimate of drug-likeness (QED) is 0.208. The van der Waals surface area contributed by atoms with Crippen molar-refractivity contribution in [2.24, 2.45) is 5.41 Å². The molecule has 1 aromatic rings. The molecule has 1 unspecified atom stereocenters. The summed E-state index contributed by atoms with van der Waals surface area (Å²) in [6.45, 7) is 4.70. The van der Waals surface area contributed by atoms with Gasteiger partial charge in [-0.05, 0) is 36.0 Å². The van der Waals surface area contributed by atoms with Gasteiger partial charge < -0.3 is 10.2 Å². The van der Waals surface area contributed by atoms with Crippen LogP contribution in [0, 0.1) is 5.41 Å². The minimum Gasteiger partial charge on any atom is -0.508 e. The minimum absolute atomic E-state index is 0.0486. The normalized spacial score (nSPS) is 13.4. The summed E-state index contributed by atoms with van der Waals surface area (Å²) in [4.78, 5) is 0. The van der Waals surface area contributed by atoms with Gasteiger partial charge >= 0.3 is 0 Å². The Labute approximate surface area is 187 Å². The molecule has 0 amide bonds. The van der Waals surface area contributed by atoms with E-state index in [-0.39, 0.29) is 12.0 Å². The van der Waals surface area contributed by atoms with Gasteiger partial charge in [-0.15, -0.1) is 0 Å². The van der Waals surface area contributed by atoms with Crippen molar-refractivity contribution in [2.75, 3.05) is 6.61 Å². The van der Waals surface area contributed by atoms with Crippen molar-refractivity contribution in [3.63, 3.8) is 0 Å². The fourth-order valence-corrected chi connectivity index (χ4v) is 4.43. The van der Waals surface area contributed by atoms with E-state index in [1.54, 1.807) is 12.1 Å². The van der Waals surface area contributed by atoms with Gasteiger partial charge in [-0.3, -0.25) is 0 Å². The van der Waals surface area contributed by atoms with Crippen molar-refractivity contribution in [1.29, 1.82) is 0 Å². The topological polar surface area (TPSA) is 40.5 Å². The molecule has 0 heterocycles. The van der Waals surface area contributed by atoms with Crippen LogP contribution in [-0.2, 0) is 6.42 Å². The molecule has 0 radical (unpaired) electrons. The summed E-state index contributed by atoms with van der Waals surface area (Å²) >= 11 is 0. The Morgan fingerprint density at radius 2 is 1.03 bits per heavy atom. The molecule has 1 atom stereocenters. The second-order valence-electron chi connectivity index (χ2n) is 9.87. The Morgan fingerprint density at radius 1 is 0.633 bits per heavy atom. The molecule has 2 heteroatoms. The van der Waals surface area contributed by atoms with Crippen molar-refractivity contribution in [3.8, 4) is 5.75 Å². The van der Waals surface area contributed by atoms with Gasteiger partial charge in [-0.25, -0.2) is 0 Å². The summed E-state index contributed by atoms with van der Waals surface area (Å²) in [5, 5.41) is 19.3. The highest BCUT2D eigenvalue weighted by Gasteiger charge is 2.23. The van der Waals surface area contributed by atoms with Crippen LogP contribution >= 0.6 is 0 Å². The summed E-state index contributed by atoms with van der Waals surface area (Å²) in [6.07, 6.45) is 24.2. The molecule has 0 bridgehead atoms. The van der Waals surface area contributed by atoms with Crippen LogP contribution in [0.1, 0.15) is 129 Å². The predicted molar refractivity (Wildman–Crippen MR) is 131 cm³/mol. The number of hydrogen-bond donors (Lipinski definition) is 2. The number of aliphatic hydroxyl groups is 1. The van der Waals surface area contributed by atoms with E-state index in [2.05, 4.69) is 13.8 Å². The van der Waals surface area contributed by atoms with Crippen molar-refractivity contribution in [2.45, 2.75) is 129 Å². The zero-order valence-corrected chi connectivity index (χ0v) is 20.1. The largest absolute Gasteiger partial charge is 0.508 e. The zero-order valence-electron chi connectivity index (χ0n) is 20.1. The Bertz CT molecular complexity index is 496. The van der Waals surface area contributed by atoms with E-state index in [0.29, 0.717) is 5.75 Å². The molecule has 30 heavy (non-hydrogen) atoms. The number of benzene rings is 1. The van der Waals surface area contributed by atoms with Gasteiger partial charge in [0.1, 0.15) is 5.75 Å². The van der Waals surface area contributed by atoms with E-state index in [1.807, 2.05) is 12.1 Å². The Hall–Kier alpha value is -1.02. The number of aromatic hydroxyl groups is 1. The molecular formula is C28H50O2. The van der Waals surface area contributed by atoms with E-state index in [1.165, 1.54) is 108 Å². The summed E-state index contributed by atoms with van der Waals surface area (Å²) in [6, 6.07) is 7.41. The fraction of sp³-hybridized carbons (Fsp3) is 0.786. The average Bonchev–Trinajstić information content (AvgIpc) is 2.75. The molecule has 0 saturated carbocycles. The molecule has 2 nitrogen and oxygen atoms in total. The van der Waals surface area contributed by atoms with Crippen LogP contribution in [0.5, 0.6) is 5.75 Å². The average molecular weight is 419 g/mol. The van der Waals surface area contributed by atoms with E-state index in [0.717, 1.165) is 12.8 Å². The second kappa shape index (κ2) is 17.6. The SMILES string of the molecule is CCCCCCCCCCCCCCCCCCC(C)(CO)Cc1ccc(O)cc1. The standard InChI is InChI=1S/C28H50O2/c1-3-4-5-6-7-8-9-10-11-12-13-14-15-16-17-18-23-28(2,25-29)24-26-19-21-27(30)22-20-26/h19-22,29-30H,3-18,23-25H2,1-2H3. The highest BCUT2D eigenvalue weighted by Crippen LogP contribution is 2.29. The Morgan fingerprint density at radius 3 is 1.43 bits per heavy atom. The number of aliphatic hydroxyl groups excluding tert-OH is 1. The van der Waals surface area contributed by atoms with Gasteiger partial charge in [0.25, 0.3) is 0 Å². The highest BCUT2D eigenvalue weighted by atomic mass is 16.3. The third-order valence-corrected chi connectivity index (χ3v) is 6.58. The summed E-state index contributed by atoms with van der Waals surface area (Å²) in [5.41, 5.74) is 1.15. The van der Waals surface area contributed by atoms with Crippen LogP contribution in [-0.4, -0.2) is 16.8 Å². The van der Waals surface area contributed by atoms with Gasteiger partial charge in [-0.2, -0.15) is 0 Å². The van der Waals surface area contributed by atoms with Crippen LogP contribution < -0.4 is 0 Å². The molecule has 1 aromatic carbocycles. The van der Waals surface area contributed by atoms with E-state index >= 15 is 0 Å². The van der Waals surface area contributed by atoms with E-state index < -0.39 is 0 Å². The lowest BCUT2D eigenvalue weighted by molar-refractivity contribution is 0.129. The van der Waals surface area contributed by atoms with E-state index in [4.69, 9.17) is 0 Å². The molecule has 2 N–H and O–H groups in total. The van der Waals surface area contributed by atoms with Crippen LogP contribution in [0.25, 0.3) is 0 Å². The molecule has 0 aromatic heterocycles. The number of unbranched alkanes of at least 4 members (excludes halogenated alkanes) is 15. The van der Waals surface area contributed by atoms with Gasteiger partial charge in [0.15, 0.2) is 0 Å². The first-order valence-corrected chi connectivity index (χ1v) is 13.0. The molecule has 0 aliphatic rings. The first kappa shape index (κ1) is 27.0. The molecule has 0 aliphatic heterocycles. The number of phenolic OH excluding ortho intramolecular Hbond substituents is 1. The summed E-state index contributed by atoms with van der Waals surface area (Å²) in [5.74, 6) is 0.308. The first-order valence-electron chi connectivity index (χ1n) is 13.0. The van der Waals surface area contributed by atoms with Crippen LogP contribution in [0.2, 0.25) is 0 Å². The Kier molecular flexibility index (Phi) is 15.9. The summed E-state index contributed by atoms with van der Waals surface area (Å²) in [7, 11) is 0. The maximum atomic E-state index is 9.88. The first-order chi connectivity index (χ1) is 14.6. The summed E-state index contributed by atoms with van der Waals surface area (Å²) < 4.78 is 0. The number of hydrogen-bond acceptors (Lipinski definition) is 2. The van der Waals surface area contributed by atoms with Gasteiger partial charge in [-0.1, -0.05) is 129 Å². The molecule has 0 saturated heterocycles. The van der Waals surface area contributed by atoms with Crippen molar-refractivity contribution >= 4 is 0 Å². The third kappa shape index (κ3) is 14.1.